The molecule has 0 saturated heterocycles. The Morgan fingerprint density at radius 3 is 2.80 bits per heavy atom. The van der Waals surface area contributed by atoms with Crippen LogP contribution in [0, 0.1) is 0 Å². The fourth-order valence-corrected chi connectivity index (χ4v) is 2.21. The van der Waals surface area contributed by atoms with Crippen molar-refractivity contribution in [1.29, 1.82) is 0 Å². The van der Waals surface area contributed by atoms with Gasteiger partial charge >= 0.3 is 0 Å². The third kappa shape index (κ3) is 2.78. The third-order valence-corrected chi connectivity index (χ3v) is 3.08. The first-order valence-electron chi connectivity index (χ1n) is 5.19. The number of nitrogens with zero attached hydrogens (tertiary/aromatic N) is 1. The van der Waals surface area contributed by atoms with Gasteiger partial charge in [0.25, 0.3) is 5.91 Å². The van der Waals surface area contributed by atoms with Crippen molar-refractivity contribution < 1.29 is 4.79 Å². The highest BCUT2D eigenvalue weighted by atomic mass is 79.9. The molecule has 0 aliphatic heterocycles. The number of halogens is 1. The summed E-state index contributed by atoms with van der Waals surface area (Å²) in [5.41, 5.74) is 0.483. The van der Waals surface area contributed by atoms with Gasteiger partial charge in [-0.3, -0.25) is 4.79 Å². The summed E-state index contributed by atoms with van der Waals surface area (Å²) in [6.07, 6.45) is 4.63. The van der Waals surface area contributed by atoms with E-state index in [9.17, 15) is 4.79 Å². The van der Waals surface area contributed by atoms with Crippen LogP contribution in [-0.2, 0) is 0 Å². The number of hydrogen-bond acceptors (Lipinski definition) is 2. The number of nitrogens with one attached hydrogen (secondary N) is 1. The van der Waals surface area contributed by atoms with Gasteiger partial charge in [-0.1, -0.05) is 18.9 Å². The second kappa shape index (κ2) is 4.75. The van der Waals surface area contributed by atoms with E-state index in [2.05, 4.69) is 26.2 Å². The number of pyridine rings is 1. The van der Waals surface area contributed by atoms with Crippen molar-refractivity contribution in [2.24, 2.45) is 0 Å². The maximum atomic E-state index is 11.8. The SMILES string of the molecule is O=C(NC1CCCC1)c1cccc(Br)n1. The van der Waals surface area contributed by atoms with Crippen LogP contribution < -0.4 is 5.32 Å². The molecule has 1 aliphatic rings. The molecule has 1 saturated carbocycles. The highest BCUT2D eigenvalue weighted by Gasteiger charge is 2.18. The molecular weight excluding hydrogens is 256 g/mol. The third-order valence-electron chi connectivity index (χ3n) is 2.64. The summed E-state index contributed by atoms with van der Waals surface area (Å²) >= 11 is 3.25. The van der Waals surface area contributed by atoms with Gasteiger partial charge in [-0.2, -0.15) is 0 Å². The van der Waals surface area contributed by atoms with Gasteiger partial charge in [0.1, 0.15) is 10.3 Å². The topological polar surface area (TPSA) is 42.0 Å². The Labute approximate surface area is 97.4 Å². The zero-order valence-electron chi connectivity index (χ0n) is 8.37. The summed E-state index contributed by atoms with van der Waals surface area (Å²) in [7, 11) is 0. The second-order valence-corrected chi connectivity index (χ2v) is 4.61. The van der Waals surface area contributed by atoms with Crippen LogP contribution in [0.5, 0.6) is 0 Å². The van der Waals surface area contributed by atoms with Gasteiger partial charge in [-0.15, -0.1) is 0 Å². The molecule has 1 aliphatic carbocycles. The number of rotatable bonds is 2. The first-order chi connectivity index (χ1) is 7.25. The fourth-order valence-electron chi connectivity index (χ4n) is 1.86. The van der Waals surface area contributed by atoms with E-state index in [1.165, 1.54) is 12.8 Å². The summed E-state index contributed by atoms with van der Waals surface area (Å²) in [6.45, 7) is 0. The Kier molecular flexibility index (Phi) is 3.36. The molecule has 0 radical (unpaired) electrons. The summed E-state index contributed by atoms with van der Waals surface area (Å²) in [6, 6.07) is 5.71. The Morgan fingerprint density at radius 1 is 1.40 bits per heavy atom. The van der Waals surface area contributed by atoms with Crippen LogP contribution in [0.3, 0.4) is 0 Å². The molecule has 15 heavy (non-hydrogen) atoms. The van der Waals surface area contributed by atoms with Crippen LogP contribution in [0.2, 0.25) is 0 Å². The molecular formula is C11H13BrN2O. The predicted molar refractivity (Wildman–Crippen MR) is 61.7 cm³/mol. The normalized spacial score (nSPS) is 16.6. The molecule has 1 fully saturated rings. The van der Waals surface area contributed by atoms with Crippen LogP contribution >= 0.6 is 15.9 Å². The highest BCUT2D eigenvalue weighted by molar-refractivity contribution is 9.10. The minimum atomic E-state index is -0.0665. The molecule has 0 spiro atoms. The van der Waals surface area contributed by atoms with Crippen molar-refractivity contribution in [3.63, 3.8) is 0 Å². The van der Waals surface area contributed by atoms with E-state index in [1.807, 2.05) is 12.1 Å². The minimum absolute atomic E-state index is 0.0665. The van der Waals surface area contributed by atoms with E-state index in [-0.39, 0.29) is 5.91 Å². The number of carbonyl (C=O) groups excluding carboxylic acids is 1. The molecule has 0 unspecified atom stereocenters. The Balaban J connectivity index is 2.01. The quantitative estimate of drug-likeness (QED) is 0.838. The van der Waals surface area contributed by atoms with Gasteiger partial charge < -0.3 is 5.32 Å². The van der Waals surface area contributed by atoms with Gasteiger partial charge in [-0.25, -0.2) is 4.98 Å². The lowest BCUT2D eigenvalue weighted by Crippen LogP contribution is -2.33. The van der Waals surface area contributed by atoms with E-state index < -0.39 is 0 Å². The molecule has 80 valence electrons. The van der Waals surface area contributed by atoms with E-state index in [0.29, 0.717) is 16.3 Å². The average Bonchev–Trinajstić information content (AvgIpc) is 2.70. The van der Waals surface area contributed by atoms with Crippen molar-refractivity contribution in [1.82, 2.24) is 10.3 Å². The lowest BCUT2D eigenvalue weighted by molar-refractivity contribution is 0.0932. The van der Waals surface area contributed by atoms with E-state index in [0.717, 1.165) is 12.8 Å². The van der Waals surface area contributed by atoms with Crippen LogP contribution in [0.1, 0.15) is 36.2 Å². The summed E-state index contributed by atoms with van der Waals surface area (Å²) in [5, 5.41) is 3.00. The predicted octanol–water partition coefficient (Wildman–Crippen LogP) is 2.52. The van der Waals surface area contributed by atoms with Crippen molar-refractivity contribution in [2.45, 2.75) is 31.7 Å². The molecule has 2 rings (SSSR count). The fraction of sp³-hybridized carbons (Fsp3) is 0.455. The molecule has 1 aromatic rings. The zero-order chi connectivity index (χ0) is 10.7. The molecule has 4 heteroatoms. The van der Waals surface area contributed by atoms with Crippen LogP contribution in [0.15, 0.2) is 22.8 Å². The average molecular weight is 269 g/mol. The summed E-state index contributed by atoms with van der Waals surface area (Å²) in [4.78, 5) is 15.9. The molecule has 1 aromatic heterocycles. The van der Waals surface area contributed by atoms with Gasteiger partial charge in [0, 0.05) is 6.04 Å². The first-order valence-corrected chi connectivity index (χ1v) is 5.98. The molecule has 1 N–H and O–H groups in total. The van der Waals surface area contributed by atoms with Gasteiger partial charge in [-0.05, 0) is 40.9 Å². The zero-order valence-corrected chi connectivity index (χ0v) is 9.96. The molecule has 1 heterocycles. The van der Waals surface area contributed by atoms with Crippen molar-refractivity contribution in [3.05, 3.63) is 28.5 Å². The van der Waals surface area contributed by atoms with E-state index in [1.54, 1.807) is 6.07 Å². The van der Waals surface area contributed by atoms with E-state index >= 15 is 0 Å². The second-order valence-electron chi connectivity index (χ2n) is 3.80. The number of amides is 1. The number of carbonyl (C=O) groups is 1. The molecule has 1 amide bonds. The number of hydrogen-bond donors (Lipinski definition) is 1. The smallest absolute Gasteiger partial charge is 0.270 e. The van der Waals surface area contributed by atoms with Crippen LogP contribution in [-0.4, -0.2) is 16.9 Å². The van der Waals surface area contributed by atoms with Gasteiger partial charge in [0.2, 0.25) is 0 Å². The molecule has 0 atom stereocenters. The van der Waals surface area contributed by atoms with Crippen LogP contribution in [0.4, 0.5) is 0 Å². The van der Waals surface area contributed by atoms with Gasteiger partial charge in [0.15, 0.2) is 0 Å². The summed E-state index contributed by atoms with van der Waals surface area (Å²) < 4.78 is 0.696. The van der Waals surface area contributed by atoms with Crippen molar-refractivity contribution in [3.8, 4) is 0 Å². The van der Waals surface area contributed by atoms with Crippen molar-refractivity contribution in [2.75, 3.05) is 0 Å². The lowest BCUT2D eigenvalue weighted by atomic mass is 10.2. The Morgan fingerprint density at radius 2 is 2.13 bits per heavy atom. The number of aromatic nitrogens is 1. The standard InChI is InChI=1S/C11H13BrN2O/c12-10-7-3-6-9(14-10)11(15)13-8-4-1-2-5-8/h3,6-8H,1-2,4-5H2,(H,13,15). The Bertz CT molecular complexity index is 361. The lowest BCUT2D eigenvalue weighted by Gasteiger charge is -2.11. The van der Waals surface area contributed by atoms with Gasteiger partial charge in [0.05, 0.1) is 0 Å². The largest absolute Gasteiger partial charge is 0.348 e. The molecule has 0 bridgehead atoms. The maximum Gasteiger partial charge on any atom is 0.270 e. The first kappa shape index (κ1) is 10.6. The van der Waals surface area contributed by atoms with E-state index in [4.69, 9.17) is 0 Å². The summed E-state index contributed by atoms with van der Waals surface area (Å²) in [5.74, 6) is -0.0665. The van der Waals surface area contributed by atoms with Crippen molar-refractivity contribution >= 4 is 21.8 Å². The highest BCUT2D eigenvalue weighted by Crippen LogP contribution is 2.18. The molecule has 3 nitrogen and oxygen atoms in total. The van der Waals surface area contributed by atoms with Crippen LogP contribution in [0.25, 0.3) is 0 Å². The molecule has 0 aromatic carbocycles. The monoisotopic (exact) mass is 268 g/mol. The Hall–Kier alpha value is -0.900. The maximum absolute atomic E-state index is 11.8. The minimum Gasteiger partial charge on any atom is -0.348 e.